The predicted octanol–water partition coefficient (Wildman–Crippen LogP) is 6.68. The topological polar surface area (TPSA) is 21.4 Å². The summed E-state index contributed by atoms with van der Waals surface area (Å²) in [5.41, 5.74) is 5.40. The molecule has 0 spiro atoms. The maximum Gasteiger partial charge on any atom is 0.216 e. The van der Waals surface area contributed by atoms with Crippen LogP contribution in [0.4, 0.5) is 5.69 Å². The van der Waals surface area contributed by atoms with Crippen LogP contribution >= 0.6 is 0 Å². The number of rotatable bonds is 2. The lowest BCUT2D eigenvalue weighted by Gasteiger charge is -2.15. The Morgan fingerprint density at radius 2 is 1.93 bits per heavy atom. The smallest absolute Gasteiger partial charge is 0.216 e. The number of aryl methyl sites for hydroxylation is 1. The molecule has 0 N–H and O–H groups in total. The molecule has 4 rings (SSSR count). The van der Waals surface area contributed by atoms with Gasteiger partial charge in [-0.05, 0) is 36.9 Å². The Bertz CT molecular complexity index is 1460. The van der Waals surface area contributed by atoms with Gasteiger partial charge in [0, 0.05) is 34.8 Å². The van der Waals surface area contributed by atoms with Crippen molar-refractivity contribution in [1.29, 1.82) is 0 Å². The summed E-state index contributed by atoms with van der Waals surface area (Å²) in [6.07, 6.45) is 0. The quantitative estimate of drug-likeness (QED) is 0.283. The summed E-state index contributed by atoms with van der Waals surface area (Å²) in [4.78, 5) is 3.49. The molecule has 3 heteroatoms. The molecule has 0 aliphatic carbocycles. The molecule has 0 aliphatic heterocycles. The maximum absolute atomic E-state index is 9.00. The second kappa shape index (κ2) is 6.49. The van der Waals surface area contributed by atoms with E-state index in [2.05, 4.69) is 4.85 Å². The third-order valence-corrected chi connectivity index (χ3v) is 5.46. The van der Waals surface area contributed by atoms with Crippen LogP contribution in [-0.4, -0.2) is 0 Å². The summed E-state index contributed by atoms with van der Waals surface area (Å²) >= 11 is 0. The Kier molecular flexibility index (Phi) is 3.04. The molecular weight excluding hydrogens is 344 g/mol. The Balaban J connectivity index is 2.11. The Labute approximate surface area is 173 Å². The Morgan fingerprint density at radius 3 is 2.64 bits per heavy atom. The fraction of sp³-hybridized carbons (Fsp3) is 0.280. The number of nitrogens with zero attached hydrogens (tertiary/aromatic N) is 2. The van der Waals surface area contributed by atoms with Gasteiger partial charge in [-0.15, -0.1) is 0 Å². The first-order valence-corrected chi connectivity index (χ1v) is 9.15. The van der Waals surface area contributed by atoms with Crippen molar-refractivity contribution in [2.45, 2.75) is 40.4 Å². The molecule has 3 nitrogen and oxygen atoms in total. The van der Waals surface area contributed by atoms with Crippen LogP contribution in [0.25, 0.3) is 38.0 Å². The summed E-state index contributed by atoms with van der Waals surface area (Å²) in [5, 5.41) is 1.77. The molecule has 0 amide bonds. The molecule has 2 aromatic heterocycles. The SMILES string of the molecule is [2H]c1c(C)c(C([2H])(C)C([2H])([2H])[2H])c(C)[n+](C)c1-c1c(C)ccc2c1oc1cc([N+]#[C-])ccc12. The first-order chi connectivity index (χ1) is 15.3. The van der Waals surface area contributed by atoms with Gasteiger partial charge in [-0.3, -0.25) is 0 Å². The zero-order valence-corrected chi connectivity index (χ0v) is 16.7. The van der Waals surface area contributed by atoms with Gasteiger partial charge >= 0.3 is 0 Å². The van der Waals surface area contributed by atoms with E-state index in [0.717, 1.165) is 21.9 Å². The summed E-state index contributed by atoms with van der Waals surface area (Å²) in [5.74, 6) is -1.86. The zero-order chi connectivity index (χ0) is 24.5. The van der Waals surface area contributed by atoms with Gasteiger partial charge in [0.25, 0.3) is 0 Å². The van der Waals surface area contributed by atoms with Gasteiger partial charge in [-0.1, -0.05) is 38.0 Å². The first-order valence-electron chi connectivity index (χ1n) is 11.6. The standard InChI is InChI=1S/C25H25N2O/c1-14(2)23-16(4)12-21(27(7)17(23)5)24-15(3)8-10-20-19-11-9-18(26-6)13-22(19)28-25(20)24/h8-14H,1-5,7H3/q+1/i1D3,12D,14D. The Morgan fingerprint density at radius 1 is 1.18 bits per heavy atom. The molecule has 0 bridgehead atoms. The van der Waals surface area contributed by atoms with Crippen LogP contribution in [0.5, 0.6) is 0 Å². The highest BCUT2D eigenvalue weighted by Gasteiger charge is 2.25. The van der Waals surface area contributed by atoms with Crippen molar-refractivity contribution in [3.05, 3.63) is 70.2 Å². The van der Waals surface area contributed by atoms with Crippen LogP contribution < -0.4 is 4.57 Å². The lowest BCUT2D eigenvalue weighted by Crippen LogP contribution is -2.37. The molecule has 0 radical (unpaired) electrons. The van der Waals surface area contributed by atoms with E-state index >= 15 is 0 Å². The molecule has 1 unspecified atom stereocenters. The fourth-order valence-electron chi connectivity index (χ4n) is 4.00. The third kappa shape index (κ3) is 2.60. The number of aromatic nitrogens is 1. The summed E-state index contributed by atoms with van der Waals surface area (Å²) in [6.45, 7) is 11.6. The van der Waals surface area contributed by atoms with Crippen LogP contribution in [0, 0.1) is 27.3 Å². The lowest BCUT2D eigenvalue weighted by atomic mass is 9.93. The molecule has 0 fully saturated rings. The van der Waals surface area contributed by atoms with Crippen molar-refractivity contribution in [3.63, 3.8) is 0 Å². The molecular formula is C25H25N2O+. The average Bonchev–Trinajstić information content (AvgIpc) is 3.10. The monoisotopic (exact) mass is 374 g/mol. The summed E-state index contributed by atoms with van der Waals surface area (Å²) < 4.78 is 49.4. The van der Waals surface area contributed by atoms with Crippen molar-refractivity contribution in [2.24, 2.45) is 7.05 Å². The maximum atomic E-state index is 9.00. The second-order valence-electron chi connectivity index (χ2n) is 7.27. The largest absolute Gasteiger partial charge is 0.456 e. The van der Waals surface area contributed by atoms with Crippen molar-refractivity contribution in [3.8, 4) is 11.3 Å². The second-order valence-corrected chi connectivity index (χ2v) is 7.27. The normalized spacial score (nSPS) is 16.6. The minimum atomic E-state index is -2.54. The number of pyridine rings is 1. The molecule has 0 aliphatic rings. The van der Waals surface area contributed by atoms with Gasteiger partial charge in [0.05, 0.1) is 13.5 Å². The molecule has 140 valence electrons. The third-order valence-electron chi connectivity index (χ3n) is 5.46. The summed E-state index contributed by atoms with van der Waals surface area (Å²) in [7, 11) is 1.79. The van der Waals surface area contributed by atoms with Gasteiger partial charge in [-0.25, -0.2) is 4.85 Å². The van der Waals surface area contributed by atoms with E-state index in [0.29, 0.717) is 39.4 Å². The highest BCUT2D eigenvalue weighted by molar-refractivity contribution is 6.10. The number of fused-ring (bicyclic) bond motifs is 3. The van der Waals surface area contributed by atoms with Crippen LogP contribution in [0.3, 0.4) is 0 Å². The van der Waals surface area contributed by atoms with E-state index in [1.807, 2.05) is 25.1 Å². The summed E-state index contributed by atoms with van der Waals surface area (Å²) in [6, 6.07) is 9.46. The van der Waals surface area contributed by atoms with Gasteiger partial charge < -0.3 is 4.42 Å². The number of hydrogen-bond acceptors (Lipinski definition) is 1. The predicted molar refractivity (Wildman–Crippen MR) is 115 cm³/mol. The lowest BCUT2D eigenvalue weighted by molar-refractivity contribution is -0.667. The van der Waals surface area contributed by atoms with E-state index in [-0.39, 0.29) is 6.04 Å². The zero-order valence-electron chi connectivity index (χ0n) is 21.7. The van der Waals surface area contributed by atoms with Crippen LogP contribution in [0.1, 0.15) is 48.9 Å². The number of furan rings is 1. The molecule has 2 aromatic carbocycles. The van der Waals surface area contributed by atoms with Crippen molar-refractivity contribution >= 4 is 27.6 Å². The average molecular weight is 375 g/mol. The van der Waals surface area contributed by atoms with E-state index in [1.54, 1.807) is 37.6 Å². The van der Waals surface area contributed by atoms with Gasteiger partial charge in [0.2, 0.25) is 5.69 Å². The molecule has 0 saturated heterocycles. The Hall–Kier alpha value is -3.12. The molecule has 28 heavy (non-hydrogen) atoms. The highest BCUT2D eigenvalue weighted by Crippen LogP contribution is 2.38. The number of benzene rings is 2. The van der Waals surface area contributed by atoms with Gasteiger partial charge in [0.15, 0.2) is 11.4 Å². The molecule has 0 saturated carbocycles. The molecule has 4 aromatic rings. The van der Waals surface area contributed by atoms with E-state index < -0.39 is 12.7 Å². The minimum Gasteiger partial charge on any atom is -0.456 e. The van der Waals surface area contributed by atoms with Crippen molar-refractivity contribution in [2.75, 3.05) is 0 Å². The van der Waals surface area contributed by atoms with Gasteiger partial charge in [0.1, 0.15) is 18.2 Å². The molecule has 1 atom stereocenters. The van der Waals surface area contributed by atoms with Crippen LogP contribution in [-0.2, 0) is 7.05 Å². The van der Waals surface area contributed by atoms with Crippen molar-refractivity contribution < 1.29 is 15.8 Å². The van der Waals surface area contributed by atoms with Crippen LogP contribution in [0.2, 0.25) is 0 Å². The van der Waals surface area contributed by atoms with E-state index in [9.17, 15) is 0 Å². The first kappa shape index (κ1) is 13.1. The number of hydrogen-bond donors (Lipinski definition) is 0. The van der Waals surface area contributed by atoms with Gasteiger partial charge in [-0.2, -0.15) is 4.57 Å². The van der Waals surface area contributed by atoms with Crippen molar-refractivity contribution in [1.82, 2.24) is 0 Å². The van der Waals surface area contributed by atoms with E-state index in [1.165, 1.54) is 6.92 Å². The fourth-order valence-corrected chi connectivity index (χ4v) is 4.00. The van der Waals surface area contributed by atoms with E-state index in [4.69, 9.17) is 17.8 Å². The minimum absolute atomic E-state index is 0.165. The molecule has 2 heterocycles. The highest BCUT2D eigenvalue weighted by atomic mass is 16.3. The van der Waals surface area contributed by atoms with Crippen LogP contribution in [0.15, 0.2) is 40.8 Å².